The van der Waals surface area contributed by atoms with Gasteiger partial charge in [-0.2, -0.15) is 4.31 Å². The minimum Gasteiger partial charge on any atom is -0.265 e. The van der Waals surface area contributed by atoms with E-state index in [1.807, 2.05) is 38.1 Å². The first-order valence-electron chi connectivity index (χ1n) is 7.49. The molecule has 1 aliphatic heterocycles. The second-order valence-electron chi connectivity index (χ2n) is 5.82. The summed E-state index contributed by atoms with van der Waals surface area (Å²) in [6, 6.07) is 9.22. The Labute approximate surface area is 131 Å². The van der Waals surface area contributed by atoms with Gasteiger partial charge in [0.2, 0.25) is 10.0 Å². The molecule has 0 bridgehead atoms. The number of sulfonamides is 1. The molecule has 1 atom stereocenters. The predicted molar refractivity (Wildman–Crippen MR) is 86.0 cm³/mol. The first kappa shape index (κ1) is 15.2. The number of hydrogen-bond donors (Lipinski definition) is 0. The van der Waals surface area contributed by atoms with Crippen molar-refractivity contribution in [3.63, 3.8) is 0 Å². The molecule has 2 heterocycles. The lowest BCUT2D eigenvalue weighted by molar-refractivity contribution is 0.396. The van der Waals surface area contributed by atoms with Crippen LogP contribution in [-0.2, 0) is 10.0 Å². The van der Waals surface area contributed by atoms with E-state index in [1.54, 1.807) is 22.8 Å². The fourth-order valence-electron chi connectivity index (χ4n) is 3.16. The molecule has 1 saturated heterocycles. The minimum atomic E-state index is -3.47. The van der Waals surface area contributed by atoms with Gasteiger partial charge < -0.3 is 0 Å². The molecule has 1 aromatic heterocycles. The van der Waals surface area contributed by atoms with Crippen molar-refractivity contribution < 1.29 is 8.42 Å². The maximum Gasteiger partial charge on any atom is 0.243 e. The highest BCUT2D eigenvalue weighted by molar-refractivity contribution is 7.89. The molecule has 3 rings (SSSR count). The van der Waals surface area contributed by atoms with Crippen LogP contribution in [0.2, 0.25) is 0 Å². The Morgan fingerprint density at radius 3 is 2.55 bits per heavy atom. The third kappa shape index (κ3) is 2.66. The van der Waals surface area contributed by atoms with Crippen LogP contribution in [0.3, 0.4) is 0 Å². The van der Waals surface area contributed by atoms with Gasteiger partial charge in [0.05, 0.1) is 10.9 Å². The second kappa shape index (κ2) is 5.82. The van der Waals surface area contributed by atoms with Crippen LogP contribution in [-0.4, -0.2) is 24.3 Å². The Balaban J connectivity index is 2.01. The van der Waals surface area contributed by atoms with Gasteiger partial charge in [-0.1, -0.05) is 17.7 Å². The highest BCUT2D eigenvalue weighted by Gasteiger charge is 2.36. The fraction of sp³-hybridized carbons (Fsp3) is 0.353. The van der Waals surface area contributed by atoms with Crippen LogP contribution in [0.25, 0.3) is 0 Å². The summed E-state index contributed by atoms with van der Waals surface area (Å²) in [5.41, 5.74) is 2.89. The van der Waals surface area contributed by atoms with Crippen LogP contribution in [0.4, 0.5) is 0 Å². The number of hydrogen-bond acceptors (Lipinski definition) is 3. The van der Waals surface area contributed by atoms with Gasteiger partial charge in [0.1, 0.15) is 0 Å². The number of pyridine rings is 1. The van der Waals surface area contributed by atoms with E-state index in [0.29, 0.717) is 11.4 Å². The zero-order valence-corrected chi connectivity index (χ0v) is 13.7. The topological polar surface area (TPSA) is 50.3 Å². The predicted octanol–water partition coefficient (Wildman–Crippen LogP) is 3.22. The molecule has 0 spiro atoms. The molecule has 0 aliphatic carbocycles. The molecule has 1 fully saturated rings. The summed E-state index contributed by atoms with van der Waals surface area (Å²) < 4.78 is 27.8. The minimum absolute atomic E-state index is 0.0892. The summed E-state index contributed by atoms with van der Waals surface area (Å²) in [7, 11) is -3.47. The van der Waals surface area contributed by atoms with Gasteiger partial charge in [-0.3, -0.25) is 4.98 Å². The fourth-order valence-corrected chi connectivity index (χ4v) is 5.05. The molecule has 5 heteroatoms. The standard InChI is InChI=1S/C17H20N2O2S/c1-13-5-6-17(14(2)12-13)22(20,21)19-11-3-4-16(19)15-7-9-18-10-8-15/h5-10,12,16H,3-4,11H2,1-2H3/t16-/m0/s1. The van der Waals surface area contributed by atoms with E-state index in [1.165, 1.54) is 0 Å². The van der Waals surface area contributed by atoms with Gasteiger partial charge in [-0.25, -0.2) is 8.42 Å². The van der Waals surface area contributed by atoms with Gasteiger partial charge in [-0.05, 0) is 56.0 Å². The molecule has 1 aliphatic rings. The highest BCUT2D eigenvalue weighted by atomic mass is 32.2. The smallest absolute Gasteiger partial charge is 0.243 e. The van der Waals surface area contributed by atoms with Crippen molar-refractivity contribution in [1.29, 1.82) is 0 Å². The zero-order chi connectivity index (χ0) is 15.7. The van der Waals surface area contributed by atoms with Crippen LogP contribution in [0, 0.1) is 13.8 Å². The number of benzene rings is 1. The largest absolute Gasteiger partial charge is 0.265 e. The average molecular weight is 316 g/mol. The lowest BCUT2D eigenvalue weighted by Gasteiger charge is -2.25. The average Bonchev–Trinajstić information content (AvgIpc) is 2.98. The number of nitrogens with zero attached hydrogens (tertiary/aromatic N) is 2. The molecule has 0 radical (unpaired) electrons. The summed E-state index contributed by atoms with van der Waals surface area (Å²) in [5.74, 6) is 0. The highest BCUT2D eigenvalue weighted by Crippen LogP contribution is 2.36. The van der Waals surface area contributed by atoms with Gasteiger partial charge in [0.15, 0.2) is 0 Å². The van der Waals surface area contributed by atoms with Gasteiger partial charge in [0.25, 0.3) is 0 Å². The SMILES string of the molecule is Cc1ccc(S(=O)(=O)N2CCC[C@H]2c2ccncc2)c(C)c1. The van der Waals surface area contributed by atoms with E-state index < -0.39 is 10.0 Å². The van der Waals surface area contributed by atoms with Crippen molar-refractivity contribution in [2.24, 2.45) is 0 Å². The van der Waals surface area contributed by atoms with Gasteiger partial charge in [0, 0.05) is 18.9 Å². The van der Waals surface area contributed by atoms with Crippen LogP contribution in [0.1, 0.15) is 35.6 Å². The van der Waals surface area contributed by atoms with Crippen molar-refractivity contribution in [3.8, 4) is 0 Å². The van der Waals surface area contributed by atoms with Gasteiger partial charge in [-0.15, -0.1) is 0 Å². The van der Waals surface area contributed by atoms with Crippen molar-refractivity contribution >= 4 is 10.0 Å². The number of aromatic nitrogens is 1. The van der Waals surface area contributed by atoms with Gasteiger partial charge >= 0.3 is 0 Å². The Morgan fingerprint density at radius 2 is 1.86 bits per heavy atom. The van der Waals surface area contributed by atoms with Crippen LogP contribution < -0.4 is 0 Å². The van der Waals surface area contributed by atoms with E-state index in [4.69, 9.17) is 0 Å². The number of rotatable bonds is 3. The lowest BCUT2D eigenvalue weighted by Crippen LogP contribution is -2.31. The third-order valence-electron chi connectivity index (χ3n) is 4.21. The summed E-state index contributed by atoms with van der Waals surface area (Å²) in [5, 5.41) is 0. The molecule has 1 aromatic carbocycles. The van der Waals surface area contributed by atoms with Crippen LogP contribution >= 0.6 is 0 Å². The molecule has 2 aromatic rings. The van der Waals surface area contributed by atoms with Crippen molar-refractivity contribution in [2.45, 2.75) is 37.6 Å². The van der Waals surface area contributed by atoms with E-state index in [0.717, 1.165) is 29.5 Å². The molecule has 0 saturated carbocycles. The van der Waals surface area contributed by atoms with Crippen molar-refractivity contribution in [2.75, 3.05) is 6.54 Å². The van der Waals surface area contributed by atoms with E-state index in [-0.39, 0.29) is 6.04 Å². The Hall–Kier alpha value is -1.72. The van der Waals surface area contributed by atoms with E-state index >= 15 is 0 Å². The molecule has 4 nitrogen and oxygen atoms in total. The molecular weight excluding hydrogens is 296 g/mol. The summed E-state index contributed by atoms with van der Waals surface area (Å²) in [6.07, 6.45) is 5.18. The zero-order valence-electron chi connectivity index (χ0n) is 12.9. The Morgan fingerprint density at radius 1 is 1.14 bits per heavy atom. The Kier molecular flexibility index (Phi) is 4.02. The third-order valence-corrected chi connectivity index (χ3v) is 6.28. The quantitative estimate of drug-likeness (QED) is 0.873. The molecule has 0 amide bonds. The molecule has 0 unspecified atom stereocenters. The maximum absolute atomic E-state index is 13.1. The maximum atomic E-state index is 13.1. The Bertz CT molecular complexity index is 773. The van der Waals surface area contributed by atoms with E-state index in [2.05, 4.69) is 4.98 Å². The molecule has 22 heavy (non-hydrogen) atoms. The normalized spacial score (nSPS) is 19.5. The monoisotopic (exact) mass is 316 g/mol. The van der Waals surface area contributed by atoms with Crippen LogP contribution in [0.5, 0.6) is 0 Å². The number of aryl methyl sites for hydroxylation is 2. The van der Waals surface area contributed by atoms with E-state index in [9.17, 15) is 8.42 Å². The first-order chi connectivity index (χ1) is 10.5. The lowest BCUT2D eigenvalue weighted by atomic mass is 10.1. The molecule has 116 valence electrons. The first-order valence-corrected chi connectivity index (χ1v) is 8.93. The molecule has 0 N–H and O–H groups in total. The summed E-state index contributed by atoms with van der Waals surface area (Å²) in [6.45, 7) is 4.40. The van der Waals surface area contributed by atoms with Crippen LogP contribution in [0.15, 0.2) is 47.6 Å². The second-order valence-corrected chi connectivity index (χ2v) is 7.68. The summed E-state index contributed by atoms with van der Waals surface area (Å²) in [4.78, 5) is 4.43. The van der Waals surface area contributed by atoms with Crippen molar-refractivity contribution in [1.82, 2.24) is 9.29 Å². The summed E-state index contributed by atoms with van der Waals surface area (Å²) >= 11 is 0. The molecular formula is C17H20N2O2S. The van der Waals surface area contributed by atoms with Crippen molar-refractivity contribution in [3.05, 3.63) is 59.4 Å².